The lowest BCUT2D eigenvalue weighted by Gasteiger charge is -2.14. The first-order valence-corrected chi connectivity index (χ1v) is 5.45. The molecule has 2 N–H and O–H groups in total. The van der Waals surface area contributed by atoms with Gasteiger partial charge in [-0.05, 0) is 25.4 Å². The lowest BCUT2D eigenvalue weighted by Crippen LogP contribution is -2.16. The van der Waals surface area contributed by atoms with Gasteiger partial charge in [0.2, 0.25) is 0 Å². The van der Waals surface area contributed by atoms with Gasteiger partial charge in [-0.3, -0.25) is 0 Å². The van der Waals surface area contributed by atoms with Gasteiger partial charge < -0.3 is 10.5 Å². The standard InChI is InChI=1S/C12H18BNO/c1-9-3-2-4-10(5-9)11(8-14)6-12(15)7-13/h2-5,11H,6-8,13-14H2,1H3. The van der Waals surface area contributed by atoms with Crippen molar-refractivity contribution in [2.75, 3.05) is 6.54 Å². The minimum Gasteiger partial charge on any atom is -0.330 e. The Morgan fingerprint density at radius 1 is 1.53 bits per heavy atom. The van der Waals surface area contributed by atoms with Crippen molar-refractivity contribution in [3.63, 3.8) is 0 Å². The number of benzene rings is 1. The second-order valence-electron chi connectivity index (χ2n) is 3.94. The van der Waals surface area contributed by atoms with Gasteiger partial charge in [0.05, 0.1) is 0 Å². The predicted octanol–water partition coefficient (Wildman–Crippen LogP) is 1.05. The number of nitrogens with two attached hydrogens (primary N) is 1. The van der Waals surface area contributed by atoms with Crippen LogP contribution in [0.1, 0.15) is 23.5 Å². The summed E-state index contributed by atoms with van der Waals surface area (Å²) in [6.45, 7) is 2.59. The molecule has 0 bridgehead atoms. The average Bonchev–Trinajstić information content (AvgIpc) is 2.25. The molecule has 0 radical (unpaired) electrons. The molecule has 1 unspecified atom stereocenters. The Labute approximate surface area is 92.3 Å². The number of hydrogen-bond donors (Lipinski definition) is 1. The van der Waals surface area contributed by atoms with Crippen LogP contribution in [0.4, 0.5) is 0 Å². The molecular formula is C12H18BNO. The highest BCUT2D eigenvalue weighted by Crippen LogP contribution is 2.20. The molecule has 0 aliphatic heterocycles. The third-order valence-electron chi connectivity index (χ3n) is 2.67. The number of aryl methyl sites for hydroxylation is 1. The van der Waals surface area contributed by atoms with Crippen molar-refractivity contribution < 1.29 is 4.79 Å². The van der Waals surface area contributed by atoms with E-state index in [1.807, 2.05) is 20.0 Å². The second-order valence-corrected chi connectivity index (χ2v) is 3.94. The van der Waals surface area contributed by atoms with E-state index in [-0.39, 0.29) is 11.7 Å². The molecule has 0 fully saturated rings. The number of carbonyl (C=O) groups excluding carboxylic acids is 1. The van der Waals surface area contributed by atoms with Crippen molar-refractivity contribution in [3.8, 4) is 0 Å². The van der Waals surface area contributed by atoms with Gasteiger partial charge in [0.15, 0.2) is 0 Å². The van der Waals surface area contributed by atoms with Crippen LogP contribution in [0.15, 0.2) is 24.3 Å². The van der Waals surface area contributed by atoms with E-state index in [1.54, 1.807) is 0 Å². The maximum absolute atomic E-state index is 11.4. The van der Waals surface area contributed by atoms with Gasteiger partial charge in [0.25, 0.3) is 0 Å². The van der Waals surface area contributed by atoms with E-state index in [9.17, 15) is 4.79 Å². The molecule has 0 heterocycles. The third-order valence-corrected chi connectivity index (χ3v) is 2.67. The van der Waals surface area contributed by atoms with Gasteiger partial charge >= 0.3 is 0 Å². The fraction of sp³-hybridized carbons (Fsp3) is 0.417. The van der Waals surface area contributed by atoms with Crippen molar-refractivity contribution in [1.82, 2.24) is 0 Å². The second kappa shape index (κ2) is 5.71. The van der Waals surface area contributed by atoms with Gasteiger partial charge in [0, 0.05) is 12.3 Å². The zero-order valence-electron chi connectivity index (χ0n) is 9.49. The summed E-state index contributed by atoms with van der Waals surface area (Å²) < 4.78 is 0. The van der Waals surface area contributed by atoms with Crippen LogP contribution < -0.4 is 5.73 Å². The SMILES string of the molecule is BCC(=O)CC(CN)c1cccc(C)c1. The highest BCUT2D eigenvalue weighted by atomic mass is 16.1. The van der Waals surface area contributed by atoms with E-state index in [4.69, 9.17) is 5.73 Å². The Bertz CT molecular complexity index is 338. The molecule has 3 heteroatoms. The Hall–Kier alpha value is -1.09. The normalized spacial score (nSPS) is 12.4. The maximum atomic E-state index is 11.4. The molecule has 1 aromatic rings. The quantitative estimate of drug-likeness (QED) is 0.726. The molecule has 0 aliphatic rings. The van der Waals surface area contributed by atoms with Crippen molar-refractivity contribution in [3.05, 3.63) is 35.4 Å². The number of carbonyl (C=O) groups is 1. The lowest BCUT2D eigenvalue weighted by molar-refractivity contribution is -0.117. The number of hydrogen-bond acceptors (Lipinski definition) is 2. The van der Waals surface area contributed by atoms with Crippen molar-refractivity contribution >= 4 is 13.6 Å². The van der Waals surface area contributed by atoms with E-state index in [0.717, 1.165) is 0 Å². The molecule has 0 saturated heterocycles. The van der Waals surface area contributed by atoms with E-state index in [1.165, 1.54) is 11.1 Å². The molecule has 15 heavy (non-hydrogen) atoms. The van der Waals surface area contributed by atoms with Gasteiger partial charge in [0.1, 0.15) is 13.6 Å². The Balaban J connectivity index is 2.78. The van der Waals surface area contributed by atoms with Crippen LogP contribution in [-0.4, -0.2) is 20.2 Å². The summed E-state index contributed by atoms with van der Waals surface area (Å²) >= 11 is 0. The molecule has 1 aromatic carbocycles. The summed E-state index contributed by atoms with van der Waals surface area (Å²) in [5.74, 6) is 0.462. The fourth-order valence-electron chi connectivity index (χ4n) is 1.68. The molecule has 2 nitrogen and oxygen atoms in total. The van der Waals surface area contributed by atoms with Crippen LogP contribution in [0.2, 0.25) is 6.32 Å². The van der Waals surface area contributed by atoms with E-state index >= 15 is 0 Å². The van der Waals surface area contributed by atoms with Crippen LogP contribution in [0.5, 0.6) is 0 Å². The zero-order valence-corrected chi connectivity index (χ0v) is 9.49. The van der Waals surface area contributed by atoms with Crippen molar-refractivity contribution in [2.45, 2.75) is 25.6 Å². The summed E-state index contributed by atoms with van der Waals surface area (Å²) in [5, 5.41) is 0. The molecule has 0 spiro atoms. The van der Waals surface area contributed by atoms with E-state index < -0.39 is 0 Å². The van der Waals surface area contributed by atoms with Crippen molar-refractivity contribution in [2.24, 2.45) is 5.73 Å². The first kappa shape index (κ1) is 12.0. The summed E-state index contributed by atoms with van der Waals surface area (Å²) in [6.07, 6.45) is 1.17. The number of ketones is 1. The molecule has 1 atom stereocenters. The van der Waals surface area contributed by atoms with Crippen LogP contribution in [0, 0.1) is 6.92 Å². The largest absolute Gasteiger partial charge is 0.330 e. The van der Waals surface area contributed by atoms with Crippen molar-refractivity contribution in [1.29, 1.82) is 0 Å². The van der Waals surface area contributed by atoms with E-state index in [0.29, 0.717) is 19.3 Å². The molecule has 80 valence electrons. The van der Waals surface area contributed by atoms with Gasteiger partial charge in [-0.2, -0.15) is 0 Å². The van der Waals surface area contributed by atoms with Gasteiger partial charge in [-0.1, -0.05) is 29.8 Å². The Kier molecular flexibility index (Phi) is 4.57. The Morgan fingerprint density at radius 3 is 2.80 bits per heavy atom. The number of rotatable bonds is 5. The molecule has 0 saturated carbocycles. The first-order valence-electron chi connectivity index (χ1n) is 5.45. The molecule has 1 rings (SSSR count). The highest BCUT2D eigenvalue weighted by Gasteiger charge is 2.13. The van der Waals surface area contributed by atoms with Gasteiger partial charge in [-0.25, -0.2) is 0 Å². The summed E-state index contributed by atoms with van der Waals surface area (Å²) in [7, 11) is 1.89. The number of Topliss-reactive ketones (excluding diaryl/α,β-unsaturated/α-hetero) is 1. The fourth-order valence-corrected chi connectivity index (χ4v) is 1.68. The maximum Gasteiger partial charge on any atom is 0.125 e. The van der Waals surface area contributed by atoms with Crippen LogP contribution in [-0.2, 0) is 4.79 Å². The summed E-state index contributed by atoms with van der Waals surface area (Å²) in [6, 6.07) is 8.23. The molecule has 0 amide bonds. The predicted molar refractivity (Wildman–Crippen MR) is 65.9 cm³/mol. The Morgan fingerprint density at radius 2 is 2.27 bits per heavy atom. The molecule has 0 aromatic heterocycles. The first-order chi connectivity index (χ1) is 7.17. The van der Waals surface area contributed by atoms with Crippen LogP contribution in [0.25, 0.3) is 0 Å². The molecule has 0 aliphatic carbocycles. The highest BCUT2D eigenvalue weighted by molar-refractivity contribution is 6.20. The van der Waals surface area contributed by atoms with E-state index in [2.05, 4.69) is 19.1 Å². The van der Waals surface area contributed by atoms with Crippen LogP contribution >= 0.6 is 0 Å². The average molecular weight is 203 g/mol. The lowest BCUT2D eigenvalue weighted by atomic mass is 9.88. The minimum atomic E-state index is 0.178. The molecular weight excluding hydrogens is 185 g/mol. The van der Waals surface area contributed by atoms with Crippen LogP contribution in [0.3, 0.4) is 0 Å². The van der Waals surface area contributed by atoms with Gasteiger partial charge in [-0.15, -0.1) is 0 Å². The minimum absolute atomic E-state index is 0.178. The summed E-state index contributed by atoms with van der Waals surface area (Å²) in [5.41, 5.74) is 8.10. The smallest absolute Gasteiger partial charge is 0.125 e. The third kappa shape index (κ3) is 3.52. The summed E-state index contributed by atoms with van der Waals surface area (Å²) in [4.78, 5) is 11.4. The monoisotopic (exact) mass is 203 g/mol. The zero-order chi connectivity index (χ0) is 11.3. The topological polar surface area (TPSA) is 43.1 Å².